The molecule has 2 aromatic rings. The molecule has 1 amide bonds. The van der Waals surface area contributed by atoms with Crippen molar-refractivity contribution in [3.05, 3.63) is 87.0 Å². The predicted molar refractivity (Wildman–Crippen MR) is 150 cm³/mol. The second-order valence-electron chi connectivity index (χ2n) is 9.38. The van der Waals surface area contributed by atoms with Crippen LogP contribution in [-0.2, 0) is 11.2 Å². The zero-order chi connectivity index (χ0) is 26.9. The predicted octanol–water partition coefficient (Wildman–Crippen LogP) is 6.49. The first-order chi connectivity index (χ1) is 17.7. The molecule has 0 spiro atoms. The minimum atomic E-state index is -0.459. The lowest BCUT2D eigenvalue weighted by Crippen LogP contribution is -2.19. The number of benzene rings is 2. The van der Waals surface area contributed by atoms with E-state index >= 15 is 0 Å². The van der Waals surface area contributed by atoms with Crippen molar-refractivity contribution in [2.45, 2.75) is 53.9 Å². The number of carbonyl (C=O) groups is 1. The highest BCUT2D eigenvalue weighted by atomic mass is 16.6. The summed E-state index contributed by atoms with van der Waals surface area (Å²) in [7, 11) is 0. The number of nitrogens with one attached hydrogen (secondary N) is 2. The van der Waals surface area contributed by atoms with E-state index in [4.69, 9.17) is 0 Å². The van der Waals surface area contributed by atoms with Crippen molar-refractivity contribution in [3.8, 4) is 12.0 Å². The van der Waals surface area contributed by atoms with Crippen LogP contribution in [0.3, 0.4) is 0 Å². The van der Waals surface area contributed by atoms with Gasteiger partial charge in [-0.15, -0.1) is 0 Å². The lowest BCUT2D eigenvalue weighted by molar-refractivity contribution is -0.384. The minimum absolute atomic E-state index is 0.00244. The van der Waals surface area contributed by atoms with Crippen molar-refractivity contribution in [1.29, 1.82) is 0 Å². The molecule has 0 radical (unpaired) electrons. The van der Waals surface area contributed by atoms with Crippen LogP contribution in [0.25, 0.3) is 5.70 Å². The van der Waals surface area contributed by atoms with Gasteiger partial charge in [0.2, 0.25) is 5.91 Å². The molecule has 0 saturated carbocycles. The summed E-state index contributed by atoms with van der Waals surface area (Å²) in [6.45, 7) is 10.7. The quantitative estimate of drug-likeness (QED) is 0.235. The summed E-state index contributed by atoms with van der Waals surface area (Å²) in [5.74, 6) is 4.40. The number of nitro benzene ring substituents is 1. The van der Waals surface area contributed by atoms with Gasteiger partial charge >= 0.3 is 0 Å². The summed E-state index contributed by atoms with van der Waals surface area (Å²) >= 11 is 0. The van der Waals surface area contributed by atoms with Crippen LogP contribution in [0.4, 0.5) is 11.4 Å². The Bertz CT molecular complexity index is 1290. The summed E-state index contributed by atoms with van der Waals surface area (Å²) in [4.78, 5) is 27.3. The summed E-state index contributed by atoms with van der Waals surface area (Å²) in [6, 6.07) is 16.4. The molecule has 2 atom stereocenters. The van der Waals surface area contributed by atoms with Gasteiger partial charge in [0.15, 0.2) is 0 Å². The fourth-order valence-electron chi connectivity index (χ4n) is 4.34. The molecule has 0 bridgehead atoms. The number of nitro groups is 1. The molecular formula is C30H34N4O3. The molecule has 0 saturated heterocycles. The number of amidine groups is 1. The number of carbonyl (C=O) groups excluding carboxylic acids is 1. The van der Waals surface area contributed by atoms with Gasteiger partial charge in [-0.05, 0) is 55.0 Å². The first-order valence-corrected chi connectivity index (χ1v) is 12.6. The Labute approximate surface area is 218 Å². The Kier molecular flexibility index (Phi) is 9.39. The molecule has 0 fully saturated rings. The van der Waals surface area contributed by atoms with E-state index in [1.165, 1.54) is 24.1 Å². The van der Waals surface area contributed by atoms with Crippen LogP contribution in [-0.4, -0.2) is 16.7 Å². The molecule has 2 N–H and O–H groups in total. The van der Waals surface area contributed by atoms with E-state index in [1.807, 2.05) is 24.3 Å². The number of rotatable bonds is 9. The molecule has 3 rings (SSSR count). The van der Waals surface area contributed by atoms with Gasteiger partial charge in [-0.2, -0.15) is 4.99 Å². The minimum Gasteiger partial charge on any atom is -0.339 e. The van der Waals surface area contributed by atoms with Gasteiger partial charge in [0, 0.05) is 35.1 Å². The van der Waals surface area contributed by atoms with E-state index in [2.05, 4.69) is 61.4 Å². The van der Waals surface area contributed by atoms with Crippen LogP contribution >= 0.6 is 0 Å². The number of hydrogen-bond acceptors (Lipinski definition) is 4. The number of aliphatic imine (C=N–C) groups is 1. The molecule has 1 aliphatic rings. The Morgan fingerprint density at radius 3 is 2.41 bits per heavy atom. The van der Waals surface area contributed by atoms with Crippen molar-refractivity contribution in [2.75, 3.05) is 5.32 Å². The molecule has 7 nitrogen and oxygen atoms in total. The van der Waals surface area contributed by atoms with Crippen LogP contribution in [0, 0.1) is 33.9 Å². The monoisotopic (exact) mass is 498 g/mol. The molecule has 1 aliphatic heterocycles. The maximum atomic E-state index is 12.5. The topological polar surface area (TPSA) is 96.6 Å². The van der Waals surface area contributed by atoms with Gasteiger partial charge in [0.25, 0.3) is 5.69 Å². The van der Waals surface area contributed by atoms with Gasteiger partial charge in [-0.3, -0.25) is 14.9 Å². The second kappa shape index (κ2) is 12.7. The van der Waals surface area contributed by atoms with Gasteiger partial charge < -0.3 is 10.6 Å². The zero-order valence-corrected chi connectivity index (χ0v) is 22.1. The summed E-state index contributed by atoms with van der Waals surface area (Å²) < 4.78 is 0. The fraction of sp³-hybridized carbons (Fsp3) is 0.333. The van der Waals surface area contributed by atoms with Crippen molar-refractivity contribution in [2.24, 2.45) is 16.8 Å². The van der Waals surface area contributed by atoms with Crippen LogP contribution in [0.15, 0.2) is 70.7 Å². The molecule has 1 heterocycles. The molecule has 37 heavy (non-hydrogen) atoms. The Hall–Kier alpha value is -4.18. The highest BCUT2D eigenvalue weighted by Gasteiger charge is 2.24. The first kappa shape index (κ1) is 27.4. The summed E-state index contributed by atoms with van der Waals surface area (Å²) in [5, 5.41) is 17.1. The lowest BCUT2D eigenvalue weighted by atomic mass is 9.84. The van der Waals surface area contributed by atoms with Gasteiger partial charge in [-0.25, -0.2) is 0 Å². The van der Waals surface area contributed by atoms with Crippen LogP contribution < -0.4 is 10.6 Å². The van der Waals surface area contributed by atoms with E-state index in [0.717, 1.165) is 29.1 Å². The standard InChI is InChI=1S/C30H34N4O3/c1-6-8-20(3)21(4)22(5)27-19-28(33-30(27)31-17-7-2)24-11-13-25(14-12-24)32-29(35)18-23-9-15-26(16-10-23)34(36)37/h9-16,19-21H,6,8,18H2,1-5H3,(H,31,33)(H,32,35)/b27-22+. The third kappa shape index (κ3) is 7.17. The fourth-order valence-corrected chi connectivity index (χ4v) is 4.34. The van der Waals surface area contributed by atoms with Crippen LogP contribution in [0.1, 0.15) is 58.6 Å². The Morgan fingerprint density at radius 1 is 1.14 bits per heavy atom. The second-order valence-corrected chi connectivity index (χ2v) is 9.38. The van der Waals surface area contributed by atoms with E-state index in [1.54, 1.807) is 19.1 Å². The van der Waals surface area contributed by atoms with Gasteiger partial charge in [0.05, 0.1) is 11.3 Å². The van der Waals surface area contributed by atoms with Crippen LogP contribution in [0.2, 0.25) is 0 Å². The molecule has 0 aliphatic carbocycles. The highest BCUT2D eigenvalue weighted by molar-refractivity contribution is 6.12. The SMILES string of the molecule is CC#CN=C1NC(c2ccc(NC(=O)Cc3ccc([N+](=O)[O-])cc3)cc2)=C/C1=C(/C)C(C)C(C)CCC. The smallest absolute Gasteiger partial charge is 0.269 e. The molecule has 2 aromatic carbocycles. The van der Waals surface area contributed by atoms with E-state index in [0.29, 0.717) is 23.1 Å². The zero-order valence-electron chi connectivity index (χ0n) is 22.1. The Balaban J connectivity index is 1.75. The number of allylic oxidation sites excluding steroid dienone is 1. The molecule has 7 heteroatoms. The van der Waals surface area contributed by atoms with E-state index < -0.39 is 4.92 Å². The molecule has 0 aromatic heterocycles. The number of amides is 1. The largest absolute Gasteiger partial charge is 0.339 e. The average molecular weight is 499 g/mol. The van der Waals surface area contributed by atoms with E-state index in [9.17, 15) is 14.9 Å². The number of hydrogen-bond donors (Lipinski definition) is 2. The average Bonchev–Trinajstić information content (AvgIpc) is 3.31. The van der Waals surface area contributed by atoms with Crippen molar-refractivity contribution >= 4 is 28.8 Å². The number of non-ortho nitro benzene ring substituents is 1. The molecule has 192 valence electrons. The van der Waals surface area contributed by atoms with Crippen LogP contribution in [0.5, 0.6) is 0 Å². The molecule has 2 unspecified atom stereocenters. The van der Waals surface area contributed by atoms with Crippen molar-refractivity contribution in [3.63, 3.8) is 0 Å². The summed E-state index contributed by atoms with van der Waals surface area (Å²) in [6.07, 6.45) is 4.59. The van der Waals surface area contributed by atoms with Gasteiger partial charge in [0.1, 0.15) is 5.84 Å². The third-order valence-corrected chi connectivity index (χ3v) is 6.77. The number of nitrogens with zero attached hydrogens (tertiary/aromatic N) is 2. The maximum absolute atomic E-state index is 12.5. The maximum Gasteiger partial charge on any atom is 0.269 e. The normalized spacial score (nSPS) is 16.7. The molecular weight excluding hydrogens is 464 g/mol. The van der Waals surface area contributed by atoms with E-state index in [-0.39, 0.29) is 18.0 Å². The van der Waals surface area contributed by atoms with Gasteiger partial charge in [-0.1, -0.05) is 69.4 Å². The van der Waals surface area contributed by atoms with Crippen molar-refractivity contribution in [1.82, 2.24) is 5.32 Å². The first-order valence-electron chi connectivity index (χ1n) is 12.6. The summed E-state index contributed by atoms with van der Waals surface area (Å²) in [5.41, 5.74) is 5.66. The van der Waals surface area contributed by atoms with Crippen molar-refractivity contribution < 1.29 is 9.72 Å². The highest BCUT2D eigenvalue weighted by Crippen LogP contribution is 2.31. The lowest BCUT2D eigenvalue weighted by Gasteiger charge is -2.21. The third-order valence-electron chi connectivity index (χ3n) is 6.77. The Morgan fingerprint density at radius 2 is 1.81 bits per heavy atom. The number of anilines is 1.